The summed E-state index contributed by atoms with van der Waals surface area (Å²) in [6.45, 7) is 1.58. The third kappa shape index (κ3) is 42.7. The molecular formula is C44H80O14P2. The number of aliphatic hydroxyl groups excluding tert-OH is 1. The number of carbonyl (C=O) groups excluding carboxylic acids is 3. The van der Waals surface area contributed by atoms with Crippen LogP contribution in [0.25, 0.3) is 0 Å². The average Bonchev–Trinajstić information content (AvgIpc) is 3.20. The molecule has 0 fully saturated rings. The van der Waals surface area contributed by atoms with Crippen LogP contribution in [0.15, 0.2) is 36.5 Å². The van der Waals surface area contributed by atoms with Crippen LogP contribution in [0.4, 0.5) is 0 Å². The largest absolute Gasteiger partial charge is 0.472 e. The molecule has 0 bridgehead atoms. The second-order valence-corrected chi connectivity index (χ2v) is 18.0. The van der Waals surface area contributed by atoms with Crippen molar-refractivity contribution < 1.29 is 66.3 Å². The van der Waals surface area contributed by atoms with Crippen molar-refractivity contribution in [3.63, 3.8) is 0 Å². The minimum Gasteiger partial charge on any atom is -0.462 e. The molecule has 0 rings (SSSR count). The maximum atomic E-state index is 12.7. The Kier molecular flexibility index (Phi) is 38.5. The Labute approximate surface area is 361 Å². The van der Waals surface area contributed by atoms with Crippen LogP contribution in [-0.2, 0) is 46.6 Å². The molecule has 0 heterocycles. The SMILES string of the molecule is CCCCC/C=C\C=C\C(=O)CCCCCCCC(=O)O[C@H](COC(=O)CCCCCCCCC/C=C\CCCCCCCC)COP(=O)(O)OC[C@@H](O)COP(=O)(O)O. The summed E-state index contributed by atoms with van der Waals surface area (Å²) in [6, 6.07) is 0. The highest BCUT2D eigenvalue weighted by molar-refractivity contribution is 7.47. The molecule has 0 aliphatic heterocycles. The van der Waals surface area contributed by atoms with E-state index >= 15 is 0 Å². The van der Waals surface area contributed by atoms with Crippen LogP contribution in [0.3, 0.4) is 0 Å². The average molecular weight is 895 g/mol. The van der Waals surface area contributed by atoms with E-state index in [2.05, 4.69) is 41.1 Å². The molecule has 14 nitrogen and oxygen atoms in total. The van der Waals surface area contributed by atoms with Crippen molar-refractivity contribution in [3.05, 3.63) is 36.5 Å². The highest BCUT2D eigenvalue weighted by Gasteiger charge is 2.28. The van der Waals surface area contributed by atoms with Crippen molar-refractivity contribution in [2.75, 3.05) is 26.4 Å². The Balaban J connectivity index is 4.57. The number of aliphatic hydroxyl groups is 1. The van der Waals surface area contributed by atoms with Crippen molar-refractivity contribution in [1.29, 1.82) is 0 Å². The standard InChI is InChI=1S/C44H80O14P2/c1-3-5-7-9-11-12-13-14-15-16-17-18-19-20-22-26-30-34-43(47)54-38-42(39-57-60(52,53)56-37-41(46)36-55-59(49,50)51)58-44(48)35-31-27-23-25-29-33-40(45)32-28-24-21-10-8-6-4-2/h14-15,21,24,28,32,41-42,46H,3-13,16-20,22-23,25-27,29-31,33-39H2,1-2H3,(H,52,53)(H2,49,50,51)/b15-14-,24-21-,32-28+/t41-,42+/m0/s1. The summed E-state index contributed by atoms with van der Waals surface area (Å²) in [6.07, 6.45) is 35.2. The van der Waals surface area contributed by atoms with Crippen LogP contribution in [0.1, 0.15) is 187 Å². The van der Waals surface area contributed by atoms with Gasteiger partial charge in [0.25, 0.3) is 0 Å². The molecule has 0 radical (unpaired) electrons. The summed E-state index contributed by atoms with van der Waals surface area (Å²) < 4.78 is 47.7. The van der Waals surface area contributed by atoms with Gasteiger partial charge in [-0.1, -0.05) is 141 Å². The van der Waals surface area contributed by atoms with Gasteiger partial charge in [0.2, 0.25) is 0 Å². The number of unbranched alkanes of at least 4 members (excludes halogenated alkanes) is 20. The fourth-order valence-electron chi connectivity index (χ4n) is 5.97. The van der Waals surface area contributed by atoms with Gasteiger partial charge in [0.15, 0.2) is 11.9 Å². The molecule has 0 aromatic carbocycles. The minimum absolute atomic E-state index is 0.0473. The van der Waals surface area contributed by atoms with Crippen molar-refractivity contribution in [2.45, 2.75) is 199 Å². The number of hydrogen-bond acceptors (Lipinski definition) is 11. The van der Waals surface area contributed by atoms with Crippen LogP contribution in [0.5, 0.6) is 0 Å². The second kappa shape index (κ2) is 39.8. The molecule has 0 saturated heterocycles. The maximum Gasteiger partial charge on any atom is 0.472 e. The van der Waals surface area contributed by atoms with Crippen LogP contribution in [0, 0.1) is 0 Å². The highest BCUT2D eigenvalue weighted by atomic mass is 31.2. The topological polar surface area (TPSA) is 212 Å². The van der Waals surface area contributed by atoms with E-state index in [-0.39, 0.29) is 18.6 Å². The van der Waals surface area contributed by atoms with Gasteiger partial charge < -0.3 is 29.3 Å². The number of rotatable bonds is 43. The van der Waals surface area contributed by atoms with E-state index in [1.165, 1.54) is 70.6 Å². The van der Waals surface area contributed by atoms with Crippen molar-refractivity contribution in [3.8, 4) is 0 Å². The fourth-order valence-corrected chi connectivity index (χ4v) is 7.13. The maximum absolute atomic E-state index is 12.7. The Morgan fingerprint density at radius 1 is 0.517 bits per heavy atom. The first-order chi connectivity index (χ1) is 28.8. The first-order valence-corrected chi connectivity index (χ1v) is 25.7. The Bertz CT molecular complexity index is 1270. The molecule has 0 aromatic heterocycles. The Morgan fingerprint density at radius 2 is 0.967 bits per heavy atom. The minimum atomic E-state index is -4.88. The van der Waals surface area contributed by atoms with Crippen LogP contribution in [-0.4, -0.2) is 76.1 Å². The predicted octanol–water partition coefficient (Wildman–Crippen LogP) is 10.9. The molecule has 16 heteroatoms. The number of phosphoric ester groups is 2. The van der Waals surface area contributed by atoms with Crippen LogP contribution in [0.2, 0.25) is 0 Å². The van der Waals surface area contributed by atoms with Crippen molar-refractivity contribution in [1.82, 2.24) is 0 Å². The summed E-state index contributed by atoms with van der Waals surface area (Å²) >= 11 is 0. The molecule has 4 N–H and O–H groups in total. The molecule has 0 aliphatic carbocycles. The summed E-state index contributed by atoms with van der Waals surface area (Å²) in [5, 5.41) is 9.75. The van der Waals surface area contributed by atoms with Gasteiger partial charge >= 0.3 is 27.6 Å². The van der Waals surface area contributed by atoms with E-state index in [9.17, 15) is 33.5 Å². The van der Waals surface area contributed by atoms with E-state index in [0.29, 0.717) is 19.3 Å². The first-order valence-electron chi connectivity index (χ1n) is 22.6. The summed E-state index contributed by atoms with van der Waals surface area (Å²) in [5.74, 6) is -1.05. The zero-order valence-corrected chi connectivity index (χ0v) is 38.6. The third-order valence-corrected chi connectivity index (χ3v) is 10.9. The number of phosphoric acid groups is 2. The predicted molar refractivity (Wildman–Crippen MR) is 235 cm³/mol. The van der Waals surface area contributed by atoms with Gasteiger partial charge in [-0.3, -0.25) is 28.0 Å². The molecule has 0 aliphatic rings. The molecule has 3 atom stereocenters. The van der Waals surface area contributed by atoms with E-state index in [4.69, 9.17) is 23.8 Å². The molecule has 0 aromatic rings. The van der Waals surface area contributed by atoms with Gasteiger partial charge in [0.05, 0.1) is 19.8 Å². The second-order valence-electron chi connectivity index (χ2n) is 15.4. The number of allylic oxidation sites excluding steroid dienone is 6. The lowest BCUT2D eigenvalue weighted by atomic mass is 10.1. The first kappa shape index (κ1) is 58.0. The van der Waals surface area contributed by atoms with Gasteiger partial charge in [-0.25, -0.2) is 9.13 Å². The fraction of sp³-hybridized carbons (Fsp3) is 0.795. The highest BCUT2D eigenvalue weighted by Crippen LogP contribution is 2.43. The van der Waals surface area contributed by atoms with E-state index in [0.717, 1.165) is 70.6 Å². The van der Waals surface area contributed by atoms with Gasteiger partial charge in [-0.15, -0.1) is 0 Å². The Morgan fingerprint density at radius 3 is 1.55 bits per heavy atom. The molecule has 0 saturated carbocycles. The summed E-state index contributed by atoms with van der Waals surface area (Å²) in [4.78, 5) is 64.8. The molecule has 350 valence electrons. The molecule has 1 unspecified atom stereocenters. The van der Waals surface area contributed by atoms with Crippen LogP contribution >= 0.6 is 15.6 Å². The van der Waals surface area contributed by atoms with E-state index in [1.807, 2.05) is 6.08 Å². The number of ether oxygens (including phenoxy) is 2. The van der Waals surface area contributed by atoms with Gasteiger partial charge in [0, 0.05) is 19.3 Å². The smallest absolute Gasteiger partial charge is 0.462 e. The summed E-state index contributed by atoms with van der Waals surface area (Å²) in [7, 11) is -9.72. The van der Waals surface area contributed by atoms with Gasteiger partial charge in [0.1, 0.15) is 12.7 Å². The lowest BCUT2D eigenvalue weighted by molar-refractivity contribution is -0.161. The molecule has 0 amide bonds. The lowest BCUT2D eigenvalue weighted by Crippen LogP contribution is -2.30. The number of carbonyl (C=O) groups is 3. The van der Waals surface area contributed by atoms with Gasteiger partial charge in [-0.05, 0) is 63.9 Å². The lowest BCUT2D eigenvalue weighted by Gasteiger charge is -2.20. The zero-order valence-electron chi connectivity index (χ0n) is 36.8. The van der Waals surface area contributed by atoms with Gasteiger partial charge in [-0.2, -0.15) is 0 Å². The third-order valence-electron chi connectivity index (χ3n) is 9.47. The van der Waals surface area contributed by atoms with E-state index in [1.54, 1.807) is 12.2 Å². The molecule has 0 spiro atoms. The number of esters is 2. The van der Waals surface area contributed by atoms with E-state index < -0.39 is 66.2 Å². The van der Waals surface area contributed by atoms with Crippen molar-refractivity contribution >= 4 is 33.4 Å². The van der Waals surface area contributed by atoms with Crippen molar-refractivity contribution in [2.24, 2.45) is 0 Å². The zero-order chi connectivity index (χ0) is 44.6. The Hall–Kier alpha value is -1.99. The molecule has 60 heavy (non-hydrogen) atoms. The number of ketones is 1. The molecular weight excluding hydrogens is 814 g/mol. The summed E-state index contributed by atoms with van der Waals surface area (Å²) in [5.41, 5.74) is 0. The monoisotopic (exact) mass is 895 g/mol. The normalized spacial score (nSPS) is 14.2. The van der Waals surface area contributed by atoms with Crippen LogP contribution < -0.4 is 0 Å². The number of hydrogen-bond donors (Lipinski definition) is 4. The quantitative estimate of drug-likeness (QED) is 0.0112.